The fraction of sp³-hybridized carbons (Fsp3) is 0.583. The number of carbonyl (C=O) groups is 1. The molecular formula is C12H19BrN2OS. The van der Waals surface area contributed by atoms with Crippen LogP contribution in [-0.2, 0) is 11.2 Å². The standard InChI is InChI=1S/C12H19BrN2OS/c1-12(2,4-5-14)11(16)15-6-3-10-7-9(13)8-17-10/h7-8H,3-6,14H2,1-2H3,(H,15,16). The van der Waals surface area contributed by atoms with Crippen molar-refractivity contribution < 1.29 is 4.79 Å². The van der Waals surface area contributed by atoms with Crippen LogP contribution in [0.1, 0.15) is 25.1 Å². The highest BCUT2D eigenvalue weighted by atomic mass is 79.9. The van der Waals surface area contributed by atoms with E-state index in [2.05, 4.69) is 32.7 Å². The Kier molecular flexibility index (Phi) is 5.62. The Balaban J connectivity index is 2.33. The van der Waals surface area contributed by atoms with E-state index < -0.39 is 0 Å². The van der Waals surface area contributed by atoms with Crippen molar-refractivity contribution in [2.75, 3.05) is 13.1 Å². The highest BCUT2D eigenvalue weighted by molar-refractivity contribution is 9.10. The summed E-state index contributed by atoms with van der Waals surface area (Å²) in [7, 11) is 0. The lowest BCUT2D eigenvalue weighted by molar-refractivity contribution is -0.129. The summed E-state index contributed by atoms with van der Waals surface area (Å²) in [6.07, 6.45) is 1.59. The van der Waals surface area contributed by atoms with Gasteiger partial charge in [0.05, 0.1) is 0 Å². The van der Waals surface area contributed by atoms with Gasteiger partial charge in [-0.25, -0.2) is 0 Å². The van der Waals surface area contributed by atoms with Gasteiger partial charge in [-0.1, -0.05) is 13.8 Å². The number of nitrogens with two attached hydrogens (primary N) is 1. The predicted molar refractivity (Wildman–Crippen MR) is 76.2 cm³/mol. The lowest BCUT2D eigenvalue weighted by Crippen LogP contribution is -2.39. The van der Waals surface area contributed by atoms with E-state index in [1.807, 2.05) is 13.8 Å². The van der Waals surface area contributed by atoms with E-state index in [9.17, 15) is 4.79 Å². The number of thiophene rings is 1. The maximum absolute atomic E-state index is 11.9. The Bertz CT molecular complexity index is 376. The maximum atomic E-state index is 11.9. The number of hydrogen-bond donors (Lipinski definition) is 2. The van der Waals surface area contributed by atoms with Crippen LogP contribution in [0.2, 0.25) is 0 Å². The smallest absolute Gasteiger partial charge is 0.225 e. The molecule has 3 nitrogen and oxygen atoms in total. The second-order valence-electron chi connectivity index (χ2n) is 4.66. The summed E-state index contributed by atoms with van der Waals surface area (Å²) >= 11 is 5.12. The molecule has 1 rings (SSSR count). The van der Waals surface area contributed by atoms with Crippen molar-refractivity contribution in [1.29, 1.82) is 0 Å². The molecule has 1 aromatic rings. The number of hydrogen-bond acceptors (Lipinski definition) is 3. The van der Waals surface area contributed by atoms with Crippen molar-refractivity contribution >= 4 is 33.2 Å². The van der Waals surface area contributed by atoms with Crippen molar-refractivity contribution in [1.82, 2.24) is 5.32 Å². The molecule has 1 amide bonds. The van der Waals surface area contributed by atoms with E-state index in [1.54, 1.807) is 11.3 Å². The first kappa shape index (κ1) is 14.7. The van der Waals surface area contributed by atoms with Gasteiger partial charge in [-0.2, -0.15) is 0 Å². The Morgan fingerprint density at radius 1 is 1.59 bits per heavy atom. The molecule has 0 atom stereocenters. The summed E-state index contributed by atoms with van der Waals surface area (Å²) in [6.45, 7) is 5.08. The van der Waals surface area contributed by atoms with Gasteiger partial charge < -0.3 is 11.1 Å². The molecule has 0 radical (unpaired) electrons. The Labute approximate surface area is 115 Å². The van der Waals surface area contributed by atoms with Crippen LogP contribution >= 0.6 is 27.3 Å². The molecule has 0 spiro atoms. The summed E-state index contributed by atoms with van der Waals surface area (Å²) < 4.78 is 1.10. The third kappa shape index (κ3) is 4.77. The zero-order valence-corrected chi connectivity index (χ0v) is 12.7. The molecule has 0 aromatic carbocycles. The second-order valence-corrected chi connectivity index (χ2v) is 6.57. The van der Waals surface area contributed by atoms with Gasteiger partial charge >= 0.3 is 0 Å². The van der Waals surface area contributed by atoms with Crippen LogP contribution in [0.4, 0.5) is 0 Å². The Morgan fingerprint density at radius 2 is 2.29 bits per heavy atom. The molecule has 0 aliphatic carbocycles. The first-order valence-corrected chi connectivity index (χ1v) is 7.34. The normalized spacial score (nSPS) is 11.5. The number of nitrogens with one attached hydrogen (secondary N) is 1. The lowest BCUT2D eigenvalue weighted by Gasteiger charge is -2.22. The lowest BCUT2D eigenvalue weighted by atomic mass is 9.88. The van der Waals surface area contributed by atoms with E-state index in [1.165, 1.54) is 4.88 Å². The largest absolute Gasteiger partial charge is 0.355 e. The summed E-state index contributed by atoms with van der Waals surface area (Å²) in [6, 6.07) is 2.09. The summed E-state index contributed by atoms with van der Waals surface area (Å²) in [5.41, 5.74) is 5.12. The summed E-state index contributed by atoms with van der Waals surface area (Å²) in [5, 5.41) is 5.01. The van der Waals surface area contributed by atoms with Gasteiger partial charge in [-0.15, -0.1) is 11.3 Å². The molecule has 96 valence electrons. The van der Waals surface area contributed by atoms with Gasteiger partial charge in [0.2, 0.25) is 5.91 Å². The van der Waals surface area contributed by atoms with E-state index in [-0.39, 0.29) is 11.3 Å². The van der Waals surface area contributed by atoms with Crippen LogP contribution in [0.25, 0.3) is 0 Å². The molecule has 0 saturated heterocycles. The minimum atomic E-state index is -0.370. The molecule has 1 heterocycles. The zero-order valence-electron chi connectivity index (χ0n) is 10.3. The van der Waals surface area contributed by atoms with Crippen LogP contribution in [0.3, 0.4) is 0 Å². The summed E-state index contributed by atoms with van der Waals surface area (Å²) in [5.74, 6) is 0.0820. The maximum Gasteiger partial charge on any atom is 0.225 e. The monoisotopic (exact) mass is 318 g/mol. The second kappa shape index (κ2) is 6.52. The third-order valence-corrected chi connectivity index (χ3v) is 4.42. The van der Waals surface area contributed by atoms with Gasteiger partial charge in [0.1, 0.15) is 0 Å². The van der Waals surface area contributed by atoms with E-state index in [4.69, 9.17) is 5.73 Å². The van der Waals surface area contributed by atoms with Crippen molar-refractivity contribution in [2.45, 2.75) is 26.7 Å². The number of amides is 1. The highest BCUT2D eigenvalue weighted by Crippen LogP contribution is 2.21. The first-order chi connectivity index (χ1) is 7.95. The number of carbonyl (C=O) groups excluding carboxylic acids is 1. The average Bonchev–Trinajstić information content (AvgIpc) is 2.64. The predicted octanol–water partition coefficient (Wildman–Crippen LogP) is 2.54. The van der Waals surface area contributed by atoms with E-state index in [0.29, 0.717) is 19.5 Å². The molecule has 5 heteroatoms. The van der Waals surface area contributed by atoms with Crippen LogP contribution in [0.5, 0.6) is 0 Å². The number of halogens is 1. The fourth-order valence-electron chi connectivity index (χ4n) is 1.50. The van der Waals surface area contributed by atoms with Crippen molar-refractivity contribution in [3.05, 3.63) is 20.8 Å². The van der Waals surface area contributed by atoms with Gasteiger partial charge in [0, 0.05) is 26.7 Å². The van der Waals surface area contributed by atoms with Gasteiger partial charge in [0.25, 0.3) is 0 Å². The molecule has 17 heavy (non-hydrogen) atoms. The molecule has 0 fully saturated rings. The molecule has 0 aliphatic rings. The molecule has 3 N–H and O–H groups in total. The Hall–Kier alpha value is -0.390. The summed E-state index contributed by atoms with van der Waals surface area (Å²) in [4.78, 5) is 13.1. The number of rotatable bonds is 6. The van der Waals surface area contributed by atoms with Gasteiger partial charge in [-0.3, -0.25) is 4.79 Å². The first-order valence-electron chi connectivity index (χ1n) is 5.67. The zero-order chi connectivity index (χ0) is 12.9. The fourth-order valence-corrected chi connectivity index (χ4v) is 2.95. The van der Waals surface area contributed by atoms with Crippen molar-refractivity contribution in [2.24, 2.45) is 11.1 Å². The molecule has 1 aromatic heterocycles. The minimum absolute atomic E-state index is 0.0820. The quantitative estimate of drug-likeness (QED) is 0.847. The molecule has 0 unspecified atom stereocenters. The van der Waals surface area contributed by atoms with Crippen LogP contribution < -0.4 is 11.1 Å². The van der Waals surface area contributed by atoms with Crippen molar-refractivity contribution in [3.63, 3.8) is 0 Å². The SMILES string of the molecule is CC(C)(CCN)C(=O)NCCc1cc(Br)cs1. The van der Waals surface area contributed by atoms with Gasteiger partial charge in [-0.05, 0) is 41.4 Å². The average molecular weight is 319 g/mol. The van der Waals surface area contributed by atoms with Gasteiger partial charge in [0.15, 0.2) is 0 Å². The Morgan fingerprint density at radius 3 is 2.82 bits per heavy atom. The van der Waals surface area contributed by atoms with Crippen molar-refractivity contribution in [3.8, 4) is 0 Å². The van der Waals surface area contributed by atoms with Crippen LogP contribution in [0.15, 0.2) is 15.9 Å². The topological polar surface area (TPSA) is 55.1 Å². The molecule has 0 bridgehead atoms. The minimum Gasteiger partial charge on any atom is -0.355 e. The third-order valence-electron chi connectivity index (χ3n) is 2.66. The molecule has 0 aliphatic heterocycles. The molecule has 0 saturated carbocycles. The molecular weight excluding hydrogens is 300 g/mol. The van der Waals surface area contributed by atoms with E-state index in [0.717, 1.165) is 10.9 Å². The van der Waals surface area contributed by atoms with Crippen LogP contribution in [0, 0.1) is 5.41 Å². The van der Waals surface area contributed by atoms with E-state index >= 15 is 0 Å². The highest BCUT2D eigenvalue weighted by Gasteiger charge is 2.25. The van der Waals surface area contributed by atoms with Crippen LogP contribution in [-0.4, -0.2) is 19.0 Å².